The lowest BCUT2D eigenvalue weighted by molar-refractivity contribution is 0.0943. The molecule has 29 heavy (non-hydrogen) atoms. The summed E-state index contributed by atoms with van der Waals surface area (Å²) in [7, 11) is 0. The number of aryl methyl sites for hydroxylation is 2. The van der Waals surface area contributed by atoms with Crippen molar-refractivity contribution in [3.63, 3.8) is 0 Å². The predicted molar refractivity (Wildman–Crippen MR) is 119 cm³/mol. The Labute approximate surface area is 173 Å². The number of amides is 1. The van der Waals surface area contributed by atoms with Crippen LogP contribution < -0.4 is 5.32 Å². The van der Waals surface area contributed by atoms with Gasteiger partial charge in [-0.3, -0.25) is 9.69 Å². The second kappa shape index (κ2) is 8.34. The fraction of sp³-hybridized carbons (Fsp3) is 0.360. The fourth-order valence-electron chi connectivity index (χ4n) is 4.26. The van der Waals surface area contributed by atoms with E-state index in [9.17, 15) is 4.79 Å². The molecule has 1 aliphatic heterocycles. The average Bonchev–Trinajstić information content (AvgIpc) is 3.20. The van der Waals surface area contributed by atoms with Gasteiger partial charge in [-0.15, -0.1) is 0 Å². The lowest BCUT2D eigenvalue weighted by Crippen LogP contribution is -2.40. The molecule has 0 aliphatic carbocycles. The summed E-state index contributed by atoms with van der Waals surface area (Å²) in [4.78, 5) is 20.4. The zero-order chi connectivity index (χ0) is 20.4. The molecule has 0 radical (unpaired) electrons. The number of benzene rings is 2. The summed E-state index contributed by atoms with van der Waals surface area (Å²) < 4.78 is 0. The van der Waals surface area contributed by atoms with Crippen LogP contribution in [0, 0.1) is 13.8 Å². The Hall–Kier alpha value is -2.72. The number of para-hydroxylation sites is 1. The molecule has 0 spiro atoms. The fourth-order valence-corrected chi connectivity index (χ4v) is 4.26. The zero-order valence-electron chi connectivity index (χ0n) is 17.5. The van der Waals surface area contributed by atoms with Crippen LogP contribution in [0.3, 0.4) is 0 Å². The number of likely N-dealkylation sites (tertiary alicyclic amines) is 1. The Morgan fingerprint density at radius 3 is 2.76 bits per heavy atom. The van der Waals surface area contributed by atoms with E-state index < -0.39 is 0 Å². The highest BCUT2D eigenvalue weighted by Gasteiger charge is 2.24. The van der Waals surface area contributed by atoms with Crippen LogP contribution in [0.2, 0.25) is 0 Å². The van der Waals surface area contributed by atoms with Gasteiger partial charge in [-0.25, -0.2) is 4.98 Å². The minimum atomic E-state index is -0.0170. The summed E-state index contributed by atoms with van der Waals surface area (Å²) >= 11 is 0. The molecule has 1 aromatic heterocycles. The van der Waals surface area contributed by atoms with Crippen molar-refractivity contribution in [1.82, 2.24) is 15.2 Å². The molecule has 4 nitrogen and oxygen atoms in total. The SMILES string of the molecule is CCN1CCCC1CNC(=O)c1cc(-c2ccc(C)c(C)c2)nc2ccccc12. The molecule has 1 aliphatic rings. The van der Waals surface area contributed by atoms with Gasteiger partial charge in [0.2, 0.25) is 0 Å². The minimum Gasteiger partial charge on any atom is -0.350 e. The van der Waals surface area contributed by atoms with E-state index in [0.717, 1.165) is 41.7 Å². The van der Waals surface area contributed by atoms with Crippen molar-refractivity contribution in [2.75, 3.05) is 19.6 Å². The lowest BCUT2D eigenvalue weighted by Gasteiger charge is -2.23. The van der Waals surface area contributed by atoms with Crippen molar-refractivity contribution in [3.05, 3.63) is 65.2 Å². The molecule has 4 heteroatoms. The summed E-state index contributed by atoms with van der Waals surface area (Å²) in [5, 5.41) is 4.09. The number of carbonyl (C=O) groups excluding carboxylic acids is 1. The van der Waals surface area contributed by atoms with Crippen LogP contribution in [0.4, 0.5) is 0 Å². The van der Waals surface area contributed by atoms with Crippen molar-refractivity contribution >= 4 is 16.8 Å². The largest absolute Gasteiger partial charge is 0.350 e. The lowest BCUT2D eigenvalue weighted by atomic mass is 10.0. The van der Waals surface area contributed by atoms with Gasteiger partial charge in [-0.2, -0.15) is 0 Å². The number of fused-ring (bicyclic) bond motifs is 1. The molecule has 3 aromatic rings. The summed E-state index contributed by atoms with van der Waals surface area (Å²) in [5.41, 5.74) is 5.91. The number of aromatic nitrogens is 1. The van der Waals surface area contributed by atoms with Crippen molar-refractivity contribution in [1.29, 1.82) is 0 Å². The Morgan fingerprint density at radius 1 is 1.14 bits per heavy atom. The van der Waals surface area contributed by atoms with Gasteiger partial charge >= 0.3 is 0 Å². The quantitative estimate of drug-likeness (QED) is 0.688. The number of hydrogen-bond acceptors (Lipinski definition) is 3. The van der Waals surface area contributed by atoms with E-state index in [2.05, 4.69) is 49.2 Å². The summed E-state index contributed by atoms with van der Waals surface area (Å²) in [5.74, 6) is -0.0170. The van der Waals surface area contributed by atoms with E-state index in [1.54, 1.807) is 0 Å². The van der Waals surface area contributed by atoms with Gasteiger partial charge in [0.15, 0.2) is 0 Å². The maximum Gasteiger partial charge on any atom is 0.252 e. The van der Waals surface area contributed by atoms with Gasteiger partial charge < -0.3 is 5.32 Å². The Bertz CT molecular complexity index is 1040. The van der Waals surface area contributed by atoms with E-state index in [-0.39, 0.29) is 5.91 Å². The molecule has 1 saturated heterocycles. The van der Waals surface area contributed by atoms with Crippen LogP contribution in [0.25, 0.3) is 22.2 Å². The molecule has 150 valence electrons. The number of nitrogens with zero attached hydrogens (tertiary/aromatic N) is 2. The molecular weight excluding hydrogens is 358 g/mol. The number of pyridine rings is 1. The first-order valence-electron chi connectivity index (χ1n) is 10.6. The van der Waals surface area contributed by atoms with Crippen molar-refractivity contribution < 1.29 is 4.79 Å². The molecule has 1 unspecified atom stereocenters. The Balaban J connectivity index is 1.67. The summed E-state index contributed by atoms with van der Waals surface area (Å²) in [6, 6.07) is 16.6. The van der Waals surface area contributed by atoms with Crippen LogP contribution in [0.1, 0.15) is 41.3 Å². The average molecular weight is 388 g/mol. The molecule has 4 rings (SSSR count). The second-order valence-corrected chi connectivity index (χ2v) is 8.01. The molecule has 2 heterocycles. The van der Waals surface area contributed by atoms with Crippen LogP contribution in [0.15, 0.2) is 48.5 Å². The topological polar surface area (TPSA) is 45.2 Å². The standard InChI is InChI=1S/C25H29N3O/c1-4-28-13-7-8-20(28)16-26-25(29)22-15-24(19-12-11-17(2)18(3)14-19)27-23-10-6-5-9-21(22)23/h5-6,9-12,14-15,20H,4,7-8,13,16H2,1-3H3,(H,26,29). The van der Waals surface area contributed by atoms with Crippen LogP contribution in [-0.4, -0.2) is 41.5 Å². The van der Waals surface area contributed by atoms with Crippen LogP contribution >= 0.6 is 0 Å². The molecule has 0 bridgehead atoms. The molecule has 1 fully saturated rings. The molecule has 2 aromatic carbocycles. The highest BCUT2D eigenvalue weighted by atomic mass is 16.1. The van der Waals surface area contributed by atoms with Crippen LogP contribution in [0.5, 0.6) is 0 Å². The second-order valence-electron chi connectivity index (χ2n) is 8.01. The Kier molecular flexibility index (Phi) is 5.63. The molecule has 0 saturated carbocycles. The molecule has 1 N–H and O–H groups in total. The number of likely N-dealkylation sites (N-methyl/N-ethyl adjacent to an activating group) is 1. The minimum absolute atomic E-state index is 0.0170. The highest BCUT2D eigenvalue weighted by Crippen LogP contribution is 2.26. The molecular formula is C25H29N3O. The van der Waals surface area contributed by atoms with Crippen LogP contribution in [-0.2, 0) is 0 Å². The van der Waals surface area contributed by atoms with Gasteiger partial charge in [0, 0.05) is 23.5 Å². The first kappa shape index (κ1) is 19.6. The van der Waals surface area contributed by atoms with Gasteiger partial charge in [0.1, 0.15) is 0 Å². The van der Waals surface area contributed by atoms with Gasteiger partial charge in [0.05, 0.1) is 16.8 Å². The Morgan fingerprint density at radius 2 is 1.97 bits per heavy atom. The smallest absolute Gasteiger partial charge is 0.252 e. The van der Waals surface area contributed by atoms with Gasteiger partial charge in [-0.05, 0) is 69.1 Å². The van der Waals surface area contributed by atoms with Crippen molar-refractivity contribution in [2.24, 2.45) is 0 Å². The number of rotatable bonds is 5. The maximum absolute atomic E-state index is 13.2. The van der Waals surface area contributed by atoms with Crippen molar-refractivity contribution in [3.8, 4) is 11.3 Å². The third-order valence-electron chi connectivity index (χ3n) is 6.17. The third-order valence-corrected chi connectivity index (χ3v) is 6.17. The van der Waals surface area contributed by atoms with E-state index in [0.29, 0.717) is 18.2 Å². The number of nitrogens with one attached hydrogen (secondary N) is 1. The predicted octanol–water partition coefficient (Wildman–Crippen LogP) is 4.73. The summed E-state index contributed by atoms with van der Waals surface area (Å²) in [6.07, 6.45) is 2.36. The zero-order valence-corrected chi connectivity index (χ0v) is 17.5. The molecule has 1 amide bonds. The van der Waals surface area contributed by atoms with E-state index in [1.165, 1.54) is 17.5 Å². The molecule has 1 atom stereocenters. The van der Waals surface area contributed by atoms with Gasteiger partial charge in [0.25, 0.3) is 5.91 Å². The number of carbonyl (C=O) groups is 1. The van der Waals surface area contributed by atoms with E-state index in [1.807, 2.05) is 30.3 Å². The van der Waals surface area contributed by atoms with Crippen molar-refractivity contribution in [2.45, 2.75) is 39.7 Å². The number of hydrogen-bond donors (Lipinski definition) is 1. The normalized spacial score (nSPS) is 17.0. The highest BCUT2D eigenvalue weighted by molar-refractivity contribution is 6.07. The summed E-state index contributed by atoms with van der Waals surface area (Å²) in [6.45, 7) is 9.26. The first-order valence-corrected chi connectivity index (χ1v) is 10.6. The first-order chi connectivity index (χ1) is 14.1. The monoisotopic (exact) mass is 387 g/mol. The van der Waals surface area contributed by atoms with Gasteiger partial charge in [-0.1, -0.05) is 37.3 Å². The third kappa shape index (κ3) is 4.03. The maximum atomic E-state index is 13.2. The van der Waals surface area contributed by atoms with E-state index >= 15 is 0 Å². The van der Waals surface area contributed by atoms with E-state index in [4.69, 9.17) is 4.98 Å².